The predicted octanol–water partition coefficient (Wildman–Crippen LogP) is 22.6. The van der Waals surface area contributed by atoms with Crippen molar-refractivity contribution in [1.82, 2.24) is 59.3 Å². The van der Waals surface area contributed by atoms with Gasteiger partial charge in [0.2, 0.25) is 5.13 Å². The van der Waals surface area contributed by atoms with E-state index in [1.165, 1.54) is 137 Å². The zero-order valence-electron chi connectivity index (χ0n) is 79.1. The van der Waals surface area contributed by atoms with Crippen molar-refractivity contribution >= 4 is 245 Å². The summed E-state index contributed by atoms with van der Waals surface area (Å²) in [7, 11) is 5.52. The van der Waals surface area contributed by atoms with Gasteiger partial charge in [0.05, 0.1) is 90.8 Å². The molecule has 1 unspecified atom stereocenters. The summed E-state index contributed by atoms with van der Waals surface area (Å²) in [4.78, 5) is 158. The lowest BCUT2D eigenvalue weighted by atomic mass is 10.0. The summed E-state index contributed by atoms with van der Waals surface area (Å²) < 4.78 is 71.3. The minimum absolute atomic E-state index is 0.0179. The van der Waals surface area contributed by atoms with Crippen molar-refractivity contribution in [2.24, 2.45) is 0 Å². The van der Waals surface area contributed by atoms with Gasteiger partial charge in [0.25, 0.3) is 29.2 Å². The monoisotopic (exact) mass is 2170 g/mol. The van der Waals surface area contributed by atoms with Crippen LogP contribution in [0.4, 0.5) is 43.3 Å². The van der Waals surface area contributed by atoms with E-state index in [4.69, 9.17) is 81.4 Å². The first-order valence-corrected chi connectivity index (χ1v) is 51.8. The molecular weight excluding hydrogens is 2080 g/mol. The highest BCUT2D eigenvalue weighted by atomic mass is 35.5. The molecule has 16 aromatic rings. The number of nitrogens with one attached hydrogen (secondary N) is 5. The average Bonchev–Trinajstić information content (AvgIpc) is 1.72. The molecule has 1 atom stereocenters. The highest BCUT2D eigenvalue weighted by molar-refractivity contribution is 7.23. The Balaban J connectivity index is 0.000000132. The first kappa shape index (κ1) is 106. The lowest BCUT2D eigenvalue weighted by Gasteiger charge is -2.39. The fraction of sp³-hybridized carbons (Fsp3) is 0.265. The normalized spacial score (nSPS) is 14.5. The fourth-order valence-corrected chi connectivity index (χ4v) is 21.7. The van der Waals surface area contributed by atoms with Gasteiger partial charge in [-0.25, -0.2) is 44.1 Å². The van der Waals surface area contributed by atoms with Crippen LogP contribution in [-0.4, -0.2) is 200 Å². The molecule has 20 rings (SSSR count). The van der Waals surface area contributed by atoms with Crippen molar-refractivity contribution in [3.8, 4) is 28.1 Å². The number of carbonyl (C=O) groups excluding carboxylic acids is 8. The quantitative estimate of drug-likeness (QED) is 0.0417. The van der Waals surface area contributed by atoms with Crippen molar-refractivity contribution in [3.05, 3.63) is 278 Å². The van der Waals surface area contributed by atoms with Gasteiger partial charge < -0.3 is 48.3 Å². The van der Waals surface area contributed by atoms with Gasteiger partial charge in [-0.15, -0.1) is 0 Å². The number of hydrogen-bond donors (Lipinski definition) is 5. The third-order valence-corrected chi connectivity index (χ3v) is 29.4. The number of alkyl halides is 3. The SMILES string of the molecule is Cc1ccc2nc(-n3c(=O)oc4ccc(Cl)cc4c3=O)sc2c1.Cc1ccc2nc(NC(=O)c3cc(Cl)ccc3OC(=O)C3CCCN3)sc2c1.Cc1ccc2nc(NC(=O)c3cc(Cl)ccc3OC(=O)CN(C)C)sc2c1.Cc1ccc2nc(NC(=O)c3cc(Cl)ccc3OC(=O)N3CCN(C)CC3)sc2c1.O=C(Nc1nc2ccc(C(F)(F)F)cc2s1)c1cc(Cl)ccc1OC(=O)N1CCC(N2CCCCC2)CC1. The van der Waals surface area contributed by atoms with Crippen molar-refractivity contribution in [2.45, 2.75) is 90.9 Å². The third-order valence-electron chi connectivity index (χ3n) is 23.5. The number of thiazole rings is 5. The number of aryl methyl sites for hydroxylation is 4. The number of fused-ring (bicyclic) bond motifs is 6. The van der Waals surface area contributed by atoms with Gasteiger partial charge in [-0.2, -0.15) is 17.7 Å². The molecule has 0 saturated carbocycles. The maximum Gasteiger partial charge on any atom is 0.428 e. The zero-order valence-corrected chi connectivity index (χ0v) is 87.0. The van der Waals surface area contributed by atoms with Crippen molar-refractivity contribution < 1.29 is 74.9 Å². The molecule has 10 heterocycles. The standard InChI is InChI=1S/C26H26ClF3N4O3S.C21H21ClN4O3S.C20H18ClN3O3S.C19H18ClN3O3S.C16H9ClN2O3S/c27-17-5-7-21(37-25(36)34-12-8-18(9-13-34)33-10-2-1-3-11-33)19(15-17)23(35)32-24-31-20-6-4-16(26(28,29)30)14-22(20)38-24;1-13-3-5-16-18(11-13)30-20(23-16)24-19(27)15-12-14(22)4-6-17(15)29-21(28)26-9-7-25(2)8-10-26;1-11-4-6-14-17(9-11)28-20(23-14)24-18(25)13-10-12(21)5-7-16(13)27-19(26)15-3-2-8-22-15;1-11-4-6-14-16(8-11)27-19(21-14)22-18(25)13-9-12(20)5-7-15(13)26-17(24)10-23(2)3;1-8-2-4-11-13(6-8)23-15(18-11)19-14(20)10-7-9(17)3-5-12(10)22-16(19)21/h4-7,14-15,18H,1-3,8-13H2,(H,31,32,35);3-6,11-12H,7-10H2,1-2H3,(H,23,24,27);4-7,9-10,15,22H,2-3,8H2,1H3,(H,23,24,25);4-9H,10H2,1-3H3,(H,21,22,25);2-7H,1H3. The fourth-order valence-electron chi connectivity index (χ4n) is 16.0. The lowest BCUT2D eigenvalue weighted by Crippen LogP contribution is -2.48. The Labute approximate surface area is 877 Å². The molecule has 146 heavy (non-hydrogen) atoms. The van der Waals surface area contributed by atoms with Crippen LogP contribution in [0.1, 0.15) is 114 Å². The number of piperazine rings is 1. The van der Waals surface area contributed by atoms with Crippen LogP contribution < -0.4 is 56.8 Å². The predicted molar refractivity (Wildman–Crippen MR) is 568 cm³/mol. The largest absolute Gasteiger partial charge is 0.428 e. The Morgan fingerprint density at radius 2 is 0.822 bits per heavy atom. The molecule has 5 N–H and O–H groups in total. The molecule has 4 saturated heterocycles. The van der Waals surface area contributed by atoms with E-state index >= 15 is 0 Å². The van der Waals surface area contributed by atoms with Gasteiger partial charge in [0.15, 0.2) is 20.5 Å². The first-order chi connectivity index (χ1) is 69.9. The Morgan fingerprint density at radius 3 is 1.24 bits per heavy atom. The van der Waals surface area contributed by atoms with Crippen LogP contribution in [0.3, 0.4) is 0 Å². The molecule has 6 aromatic heterocycles. The summed E-state index contributed by atoms with van der Waals surface area (Å²) in [6.45, 7) is 14.9. The molecule has 756 valence electrons. The van der Waals surface area contributed by atoms with Crippen LogP contribution in [0, 0.1) is 27.7 Å². The number of carbonyl (C=O) groups is 8. The summed E-state index contributed by atoms with van der Waals surface area (Å²) >= 11 is 36.5. The minimum Gasteiger partial charge on any atom is -0.425 e. The van der Waals surface area contributed by atoms with Gasteiger partial charge >= 0.3 is 36.1 Å². The van der Waals surface area contributed by atoms with Gasteiger partial charge in [-0.1, -0.05) is 145 Å². The van der Waals surface area contributed by atoms with E-state index < -0.39 is 70.8 Å². The summed E-state index contributed by atoms with van der Waals surface area (Å²) in [6, 6.07) is 49.4. The van der Waals surface area contributed by atoms with E-state index in [2.05, 4.69) is 61.3 Å². The molecule has 4 fully saturated rings. The maximum absolute atomic E-state index is 13.1. The molecule has 6 amide bonds. The van der Waals surface area contributed by atoms with E-state index in [0.29, 0.717) is 73.2 Å². The number of likely N-dealkylation sites (tertiary alicyclic amines) is 2. The number of nitrogens with zero attached hydrogens (tertiary/aromatic N) is 11. The first-order valence-electron chi connectivity index (χ1n) is 45.8. The van der Waals surface area contributed by atoms with E-state index in [1.54, 1.807) is 53.1 Å². The molecule has 44 heteroatoms. The van der Waals surface area contributed by atoms with Gasteiger partial charge in [0, 0.05) is 70.4 Å². The van der Waals surface area contributed by atoms with Crippen LogP contribution in [-0.2, 0) is 15.8 Å². The van der Waals surface area contributed by atoms with Crippen molar-refractivity contribution in [3.63, 3.8) is 0 Å². The van der Waals surface area contributed by atoms with Crippen LogP contribution in [0.15, 0.2) is 196 Å². The molecule has 4 aliphatic heterocycles. The van der Waals surface area contributed by atoms with E-state index in [1.807, 2.05) is 108 Å². The summed E-state index contributed by atoms with van der Waals surface area (Å²) in [5.41, 5.74) is 7.42. The Kier molecular flexibility index (Phi) is 34.2. The van der Waals surface area contributed by atoms with E-state index in [-0.39, 0.29) is 88.8 Å². The molecule has 0 spiro atoms. The van der Waals surface area contributed by atoms with Crippen molar-refractivity contribution in [2.75, 3.05) is 108 Å². The zero-order chi connectivity index (χ0) is 103. The highest BCUT2D eigenvalue weighted by Gasteiger charge is 2.35. The van der Waals surface area contributed by atoms with Gasteiger partial charge in [0.1, 0.15) is 34.6 Å². The van der Waals surface area contributed by atoms with Crippen molar-refractivity contribution in [1.29, 1.82) is 0 Å². The van der Waals surface area contributed by atoms with Gasteiger partial charge in [-0.3, -0.25) is 54.9 Å². The number of aromatic nitrogens is 6. The van der Waals surface area contributed by atoms with E-state index in [9.17, 15) is 61.1 Å². The molecule has 0 bridgehead atoms. The molecule has 0 aliphatic carbocycles. The van der Waals surface area contributed by atoms with Crippen LogP contribution in [0.2, 0.25) is 25.1 Å². The number of likely N-dealkylation sites (N-methyl/N-ethyl adjacent to an activating group) is 2. The van der Waals surface area contributed by atoms with E-state index in [0.717, 1.165) is 150 Å². The molecule has 31 nitrogen and oxygen atoms in total. The molecular formula is C102H92Cl5F3N16O15S5. The number of rotatable bonds is 17. The smallest absolute Gasteiger partial charge is 0.425 e. The second-order valence-electron chi connectivity index (χ2n) is 34.8. The second-order valence-corrected chi connectivity index (χ2v) is 42.1. The molecule has 4 aliphatic rings. The number of halogens is 8. The summed E-state index contributed by atoms with van der Waals surface area (Å²) in [5, 5.41) is 17.8. The summed E-state index contributed by atoms with van der Waals surface area (Å²) in [5.74, 6) is -3.05. The van der Waals surface area contributed by atoms with Gasteiger partial charge in [-0.05, 0) is 287 Å². The number of piperidine rings is 2. The number of amides is 6. The number of anilines is 4. The number of hydrogen-bond acceptors (Lipinski definition) is 29. The third kappa shape index (κ3) is 27.1. The number of esters is 2. The molecule has 0 radical (unpaired) electrons. The topological polar surface area (TPSA) is 366 Å². The molecule has 10 aromatic carbocycles. The van der Waals surface area contributed by atoms with Crippen LogP contribution in [0.5, 0.6) is 23.0 Å². The maximum atomic E-state index is 13.1. The van der Waals surface area contributed by atoms with Crippen LogP contribution in [0.25, 0.3) is 67.2 Å². The highest BCUT2D eigenvalue weighted by Crippen LogP contribution is 2.39. The van der Waals surface area contributed by atoms with Crippen LogP contribution >= 0.6 is 115 Å². The average molecular weight is 2180 g/mol. The summed E-state index contributed by atoms with van der Waals surface area (Å²) in [6.07, 6.45) is 1.59. The lowest BCUT2D eigenvalue weighted by molar-refractivity contribution is -0.138. The number of ether oxygens (including phenoxy) is 4. The Morgan fingerprint density at radius 1 is 0.438 bits per heavy atom. The minimum atomic E-state index is -4.48. The number of benzene rings is 10. The second kappa shape index (κ2) is 47.3. The Hall–Kier alpha value is -13.0. The Bertz CT molecular complexity index is 7810.